The van der Waals surface area contributed by atoms with E-state index in [1.807, 2.05) is 18.2 Å². The van der Waals surface area contributed by atoms with Gasteiger partial charge in [0, 0.05) is 19.7 Å². The van der Waals surface area contributed by atoms with E-state index in [0.29, 0.717) is 5.82 Å². The van der Waals surface area contributed by atoms with E-state index < -0.39 is 0 Å². The molecule has 3 aromatic rings. The molecule has 0 unspecified atom stereocenters. The molecule has 0 amide bonds. The largest absolute Gasteiger partial charge is 0.383 e. The number of aromatic amines is 1. The van der Waals surface area contributed by atoms with E-state index >= 15 is 0 Å². The minimum Gasteiger partial charge on any atom is -0.383 e. The molecule has 0 aliphatic carbocycles. The van der Waals surface area contributed by atoms with Crippen LogP contribution in [0.15, 0.2) is 29.2 Å². The molecule has 0 fully saturated rings. The van der Waals surface area contributed by atoms with E-state index in [1.165, 1.54) is 0 Å². The number of aryl methyl sites for hydroxylation is 2. The van der Waals surface area contributed by atoms with Gasteiger partial charge in [0.25, 0.3) is 0 Å². The number of hydrogen-bond acceptors (Lipinski definition) is 3. The Hall–Kier alpha value is -2.50. The molecule has 2 aromatic heterocycles. The number of nitrogen functional groups attached to an aromatic ring is 1. The molecule has 0 aliphatic rings. The van der Waals surface area contributed by atoms with Crippen LogP contribution in [0.3, 0.4) is 0 Å². The van der Waals surface area contributed by atoms with Crippen LogP contribution in [-0.4, -0.2) is 19.3 Å². The van der Waals surface area contributed by atoms with Gasteiger partial charge < -0.3 is 10.7 Å². The first-order valence-corrected chi connectivity index (χ1v) is 5.54. The number of aromatic nitrogens is 4. The molecule has 3 N–H and O–H groups in total. The number of fused-ring (bicyclic) bond motifs is 1. The number of H-pyrrole nitrogens is 1. The molecule has 18 heavy (non-hydrogen) atoms. The number of hydrogen-bond donors (Lipinski definition) is 2. The van der Waals surface area contributed by atoms with E-state index in [9.17, 15) is 4.79 Å². The number of nitrogens with zero attached hydrogens (tertiary/aromatic N) is 3. The topological polar surface area (TPSA) is 81.6 Å². The second-order valence-electron chi connectivity index (χ2n) is 4.29. The maximum absolute atomic E-state index is 11.5. The third-order valence-corrected chi connectivity index (χ3v) is 3.20. The third kappa shape index (κ3) is 1.35. The van der Waals surface area contributed by atoms with Crippen LogP contribution in [0.4, 0.5) is 5.82 Å². The highest BCUT2D eigenvalue weighted by Gasteiger charge is 2.09. The number of nitrogens with two attached hydrogens (primary N) is 1. The smallest absolute Gasteiger partial charge is 0.326 e. The van der Waals surface area contributed by atoms with Gasteiger partial charge in [-0.15, -0.1) is 0 Å². The third-order valence-electron chi connectivity index (χ3n) is 3.20. The highest BCUT2D eigenvalue weighted by Crippen LogP contribution is 2.27. The van der Waals surface area contributed by atoms with Gasteiger partial charge in [-0.2, -0.15) is 5.10 Å². The van der Waals surface area contributed by atoms with Crippen molar-refractivity contribution < 1.29 is 0 Å². The maximum atomic E-state index is 11.5. The van der Waals surface area contributed by atoms with Crippen LogP contribution in [0.5, 0.6) is 0 Å². The van der Waals surface area contributed by atoms with Gasteiger partial charge in [-0.1, -0.05) is 6.07 Å². The summed E-state index contributed by atoms with van der Waals surface area (Å²) in [6, 6.07) is 5.74. The molecule has 0 saturated carbocycles. The lowest BCUT2D eigenvalue weighted by Crippen LogP contribution is -2.11. The number of nitrogens with one attached hydrogen (secondary N) is 1. The van der Waals surface area contributed by atoms with Crippen LogP contribution < -0.4 is 11.4 Å². The Labute approximate surface area is 103 Å². The summed E-state index contributed by atoms with van der Waals surface area (Å²) in [7, 11) is 3.53. The van der Waals surface area contributed by atoms with E-state index in [2.05, 4.69) is 10.1 Å². The molecule has 0 radical (unpaired) electrons. The Bertz CT molecular complexity index is 793. The zero-order valence-electron chi connectivity index (χ0n) is 10.1. The summed E-state index contributed by atoms with van der Waals surface area (Å²) in [6.45, 7) is 0. The molecular formula is C12H13N5O. The zero-order valence-corrected chi connectivity index (χ0v) is 10.1. The number of rotatable bonds is 1. The van der Waals surface area contributed by atoms with Gasteiger partial charge in [-0.3, -0.25) is 9.25 Å². The number of imidazole rings is 1. The average Bonchev–Trinajstić information content (AvgIpc) is 2.82. The molecule has 2 heterocycles. The normalized spacial score (nSPS) is 11.2. The van der Waals surface area contributed by atoms with Crippen LogP contribution in [0.25, 0.3) is 22.2 Å². The quantitative estimate of drug-likeness (QED) is 0.664. The molecule has 0 saturated heterocycles. The van der Waals surface area contributed by atoms with Gasteiger partial charge in [0.15, 0.2) is 0 Å². The Morgan fingerprint density at radius 1 is 1.33 bits per heavy atom. The lowest BCUT2D eigenvalue weighted by atomic mass is 10.1. The lowest BCUT2D eigenvalue weighted by molar-refractivity contribution is 0.779. The fourth-order valence-electron chi connectivity index (χ4n) is 2.07. The first kappa shape index (κ1) is 10.6. The maximum Gasteiger partial charge on any atom is 0.326 e. The molecule has 6 heteroatoms. The van der Waals surface area contributed by atoms with Crippen molar-refractivity contribution in [1.29, 1.82) is 0 Å². The van der Waals surface area contributed by atoms with Gasteiger partial charge in [0.1, 0.15) is 5.82 Å². The van der Waals surface area contributed by atoms with Crippen molar-refractivity contribution in [3.63, 3.8) is 0 Å². The minimum atomic E-state index is -0.124. The molecule has 6 nitrogen and oxygen atoms in total. The lowest BCUT2D eigenvalue weighted by Gasteiger charge is -2.01. The van der Waals surface area contributed by atoms with Crippen molar-refractivity contribution in [2.24, 2.45) is 14.1 Å². The molecule has 0 aliphatic heterocycles. The fourth-order valence-corrected chi connectivity index (χ4v) is 2.07. The second kappa shape index (κ2) is 3.49. The molecule has 0 atom stereocenters. The predicted octanol–water partition coefficient (Wildman–Crippen LogP) is 0.849. The SMILES string of the molecule is Cn1ncc(-c2ccc3c(c2)[nH]c(=O)n3C)c1N. The Kier molecular flexibility index (Phi) is 2.07. The van der Waals surface area contributed by atoms with Crippen LogP contribution >= 0.6 is 0 Å². The summed E-state index contributed by atoms with van der Waals surface area (Å²) in [4.78, 5) is 14.3. The zero-order chi connectivity index (χ0) is 12.9. The fraction of sp³-hybridized carbons (Fsp3) is 0.167. The number of benzene rings is 1. The predicted molar refractivity (Wildman–Crippen MR) is 70.2 cm³/mol. The Balaban J connectivity index is 2.25. The van der Waals surface area contributed by atoms with E-state index in [0.717, 1.165) is 22.2 Å². The summed E-state index contributed by atoms with van der Waals surface area (Å²) in [6.07, 6.45) is 1.72. The van der Waals surface area contributed by atoms with Gasteiger partial charge in [0.05, 0.1) is 17.2 Å². The summed E-state index contributed by atoms with van der Waals surface area (Å²) >= 11 is 0. The molecule has 1 aromatic carbocycles. The molecule has 0 spiro atoms. The van der Waals surface area contributed by atoms with Crippen LogP contribution in [0.1, 0.15) is 0 Å². The van der Waals surface area contributed by atoms with Crippen molar-refractivity contribution in [3.8, 4) is 11.1 Å². The monoisotopic (exact) mass is 243 g/mol. The Morgan fingerprint density at radius 2 is 2.11 bits per heavy atom. The highest BCUT2D eigenvalue weighted by atomic mass is 16.1. The van der Waals surface area contributed by atoms with Crippen molar-refractivity contribution in [2.75, 3.05) is 5.73 Å². The summed E-state index contributed by atoms with van der Waals surface area (Å²) in [5.74, 6) is 0.604. The van der Waals surface area contributed by atoms with E-state index in [1.54, 1.807) is 29.5 Å². The van der Waals surface area contributed by atoms with Crippen molar-refractivity contribution in [1.82, 2.24) is 19.3 Å². The molecule has 92 valence electrons. The van der Waals surface area contributed by atoms with E-state index in [-0.39, 0.29) is 5.69 Å². The standard InChI is InChI=1S/C12H13N5O/c1-16-10-4-3-7(5-9(10)15-12(16)18)8-6-14-17(2)11(8)13/h3-6H,13H2,1-2H3,(H,15,18). The summed E-state index contributed by atoms with van der Waals surface area (Å²) in [5.41, 5.74) is 9.28. The second-order valence-corrected chi connectivity index (χ2v) is 4.29. The summed E-state index contributed by atoms with van der Waals surface area (Å²) in [5, 5.41) is 4.11. The number of anilines is 1. The van der Waals surface area contributed by atoms with Crippen LogP contribution in [-0.2, 0) is 14.1 Å². The molecular weight excluding hydrogens is 230 g/mol. The average molecular weight is 243 g/mol. The first-order chi connectivity index (χ1) is 8.58. The molecule has 3 rings (SSSR count). The van der Waals surface area contributed by atoms with Crippen molar-refractivity contribution in [2.45, 2.75) is 0 Å². The Morgan fingerprint density at radius 3 is 2.78 bits per heavy atom. The molecule has 0 bridgehead atoms. The van der Waals surface area contributed by atoms with Gasteiger partial charge >= 0.3 is 5.69 Å². The van der Waals surface area contributed by atoms with Crippen molar-refractivity contribution in [3.05, 3.63) is 34.9 Å². The van der Waals surface area contributed by atoms with Crippen LogP contribution in [0, 0.1) is 0 Å². The van der Waals surface area contributed by atoms with E-state index in [4.69, 9.17) is 5.73 Å². The summed E-state index contributed by atoms with van der Waals surface area (Å²) < 4.78 is 3.19. The van der Waals surface area contributed by atoms with Gasteiger partial charge in [-0.05, 0) is 17.7 Å². The van der Waals surface area contributed by atoms with Gasteiger partial charge in [-0.25, -0.2) is 4.79 Å². The van der Waals surface area contributed by atoms with Crippen molar-refractivity contribution >= 4 is 16.9 Å². The van der Waals surface area contributed by atoms with Gasteiger partial charge in [0.2, 0.25) is 0 Å². The van der Waals surface area contributed by atoms with Crippen LogP contribution in [0.2, 0.25) is 0 Å². The minimum absolute atomic E-state index is 0.124. The first-order valence-electron chi connectivity index (χ1n) is 5.54. The highest BCUT2D eigenvalue weighted by molar-refractivity contribution is 5.84.